The lowest BCUT2D eigenvalue weighted by molar-refractivity contribution is -0.386. The van der Waals surface area contributed by atoms with Crippen molar-refractivity contribution in [2.45, 2.75) is 16.4 Å². The van der Waals surface area contributed by atoms with E-state index in [1.54, 1.807) is 24.3 Å². The molecule has 0 atom stereocenters. The molecule has 0 saturated heterocycles. The zero-order chi connectivity index (χ0) is 21.7. The third kappa shape index (κ3) is 4.73. The van der Waals surface area contributed by atoms with Gasteiger partial charge in [-0.25, -0.2) is 13.2 Å². The van der Waals surface area contributed by atoms with Crippen LogP contribution in [0.2, 0.25) is 0 Å². The number of carbonyl (C=O) groups is 1. The molecule has 0 aliphatic carbocycles. The minimum atomic E-state index is -3.98. The van der Waals surface area contributed by atoms with Gasteiger partial charge in [0.1, 0.15) is 6.61 Å². The number of nitro groups is 1. The number of amides is 2. The molecule has 0 aliphatic heterocycles. The van der Waals surface area contributed by atoms with E-state index in [0.29, 0.717) is 5.69 Å². The van der Waals surface area contributed by atoms with E-state index in [9.17, 15) is 23.3 Å². The first-order chi connectivity index (χ1) is 14.3. The lowest BCUT2D eigenvalue weighted by Crippen LogP contribution is -2.19. The SMILES string of the molecule is NC(=O)Nc1ccc(S(=O)(=O)c2ccc([N+](=O)[O-])c(OCc3ccccc3)c2)cc1. The Kier molecular flexibility index (Phi) is 5.98. The molecular weight excluding hydrogens is 410 g/mol. The van der Waals surface area contributed by atoms with Gasteiger partial charge in [0.15, 0.2) is 5.75 Å². The molecule has 0 fully saturated rings. The Labute approximate surface area is 172 Å². The molecule has 2 amide bonds. The third-order valence-corrected chi connectivity index (χ3v) is 5.87. The van der Waals surface area contributed by atoms with Crippen LogP contribution in [0.15, 0.2) is 82.6 Å². The van der Waals surface area contributed by atoms with Gasteiger partial charge in [0, 0.05) is 17.8 Å². The molecule has 154 valence electrons. The summed E-state index contributed by atoms with van der Waals surface area (Å²) in [7, 11) is -3.98. The van der Waals surface area contributed by atoms with E-state index < -0.39 is 20.8 Å². The summed E-state index contributed by atoms with van der Waals surface area (Å²) in [5, 5.41) is 13.7. The second-order valence-corrected chi connectivity index (χ2v) is 8.13. The van der Waals surface area contributed by atoms with Crippen molar-refractivity contribution < 1.29 is 22.9 Å². The van der Waals surface area contributed by atoms with E-state index in [2.05, 4.69) is 5.32 Å². The van der Waals surface area contributed by atoms with Gasteiger partial charge in [0.25, 0.3) is 0 Å². The van der Waals surface area contributed by atoms with Crippen molar-refractivity contribution in [1.29, 1.82) is 0 Å². The Balaban J connectivity index is 1.92. The van der Waals surface area contributed by atoms with Gasteiger partial charge in [-0.1, -0.05) is 30.3 Å². The molecule has 0 heterocycles. The first kappa shape index (κ1) is 20.8. The van der Waals surface area contributed by atoms with Crippen LogP contribution in [-0.2, 0) is 16.4 Å². The molecule has 9 nitrogen and oxygen atoms in total. The molecule has 0 spiro atoms. The summed E-state index contributed by atoms with van der Waals surface area (Å²) in [6.45, 7) is 0.0403. The molecule has 0 radical (unpaired) electrons. The topological polar surface area (TPSA) is 142 Å². The number of urea groups is 1. The monoisotopic (exact) mass is 427 g/mol. The van der Waals surface area contributed by atoms with Gasteiger partial charge in [-0.15, -0.1) is 0 Å². The van der Waals surface area contributed by atoms with E-state index >= 15 is 0 Å². The zero-order valence-corrected chi connectivity index (χ0v) is 16.3. The number of ether oxygens (including phenoxy) is 1. The number of rotatable bonds is 7. The maximum Gasteiger partial charge on any atom is 0.316 e. The Morgan fingerprint density at radius 2 is 1.63 bits per heavy atom. The summed E-state index contributed by atoms with van der Waals surface area (Å²) in [6.07, 6.45) is 0. The molecule has 3 aromatic carbocycles. The van der Waals surface area contributed by atoms with Crippen LogP contribution in [-0.4, -0.2) is 19.4 Å². The number of nitrogens with zero attached hydrogens (tertiary/aromatic N) is 1. The minimum absolute atomic E-state index is 0.0403. The zero-order valence-electron chi connectivity index (χ0n) is 15.5. The summed E-state index contributed by atoms with van der Waals surface area (Å²) >= 11 is 0. The van der Waals surface area contributed by atoms with Gasteiger partial charge in [-0.2, -0.15) is 0 Å². The Bertz CT molecular complexity index is 1180. The fourth-order valence-electron chi connectivity index (χ4n) is 2.66. The van der Waals surface area contributed by atoms with E-state index in [1.165, 1.54) is 24.3 Å². The summed E-state index contributed by atoms with van der Waals surface area (Å²) in [4.78, 5) is 21.4. The van der Waals surface area contributed by atoms with Gasteiger partial charge in [0.2, 0.25) is 9.84 Å². The van der Waals surface area contributed by atoms with Crippen molar-refractivity contribution in [1.82, 2.24) is 0 Å². The van der Waals surface area contributed by atoms with Gasteiger partial charge < -0.3 is 15.8 Å². The van der Waals surface area contributed by atoms with Gasteiger partial charge in [0.05, 0.1) is 14.7 Å². The highest BCUT2D eigenvalue weighted by Gasteiger charge is 2.23. The number of primary amides is 1. The summed E-state index contributed by atoms with van der Waals surface area (Å²) in [5.41, 5.74) is 5.79. The van der Waals surface area contributed by atoms with E-state index in [4.69, 9.17) is 10.5 Å². The smallest absolute Gasteiger partial charge is 0.316 e. The number of carbonyl (C=O) groups excluding carboxylic acids is 1. The molecule has 10 heteroatoms. The van der Waals surface area contributed by atoms with Crippen molar-refractivity contribution in [2.75, 3.05) is 5.32 Å². The standard InChI is InChI=1S/C20H17N3O6S/c21-20(24)22-15-6-8-16(9-7-15)30(27,28)17-10-11-18(23(25)26)19(12-17)29-13-14-4-2-1-3-5-14/h1-12H,13H2,(H3,21,22,24). The van der Waals surface area contributed by atoms with E-state index in [0.717, 1.165) is 23.8 Å². The highest BCUT2D eigenvalue weighted by molar-refractivity contribution is 7.91. The number of benzene rings is 3. The molecule has 0 unspecified atom stereocenters. The van der Waals surface area contributed by atoms with Crippen LogP contribution >= 0.6 is 0 Å². The number of hydrogen-bond donors (Lipinski definition) is 2. The van der Waals surface area contributed by atoms with Crippen LogP contribution in [0.3, 0.4) is 0 Å². The predicted molar refractivity (Wildman–Crippen MR) is 109 cm³/mol. The van der Waals surface area contributed by atoms with Crippen molar-refractivity contribution in [3.63, 3.8) is 0 Å². The van der Waals surface area contributed by atoms with E-state index in [1.807, 2.05) is 6.07 Å². The first-order valence-electron chi connectivity index (χ1n) is 8.64. The van der Waals surface area contributed by atoms with Crippen molar-refractivity contribution >= 4 is 27.2 Å². The van der Waals surface area contributed by atoms with Crippen molar-refractivity contribution in [2.24, 2.45) is 5.73 Å². The summed E-state index contributed by atoms with van der Waals surface area (Å²) in [5.74, 6) is -0.156. The fraction of sp³-hybridized carbons (Fsp3) is 0.0500. The molecule has 3 aromatic rings. The van der Waals surface area contributed by atoms with Gasteiger partial charge in [-0.05, 0) is 35.9 Å². The van der Waals surface area contributed by atoms with Gasteiger partial charge in [-0.3, -0.25) is 10.1 Å². The second-order valence-electron chi connectivity index (χ2n) is 6.18. The number of sulfone groups is 1. The van der Waals surface area contributed by atoms with Crippen LogP contribution < -0.4 is 15.8 Å². The van der Waals surface area contributed by atoms with Crippen LogP contribution in [0.25, 0.3) is 0 Å². The second kappa shape index (κ2) is 8.62. The number of nitro benzene ring substituents is 1. The van der Waals surface area contributed by atoms with Gasteiger partial charge >= 0.3 is 11.7 Å². The molecule has 0 aromatic heterocycles. The third-order valence-electron chi connectivity index (χ3n) is 4.11. The maximum absolute atomic E-state index is 12.9. The van der Waals surface area contributed by atoms with Crippen LogP contribution in [0.4, 0.5) is 16.2 Å². The van der Waals surface area contributed by atoms with E-state index in [-0.39, 0.29) is 27.8 Å². The van der Waals surface area contributed by atoms with Crippen molar-refractivity contribution in [3.8, 4) is 5.75 Å². The molecule has 0 saturated carbocycles. The maximum atomic E-state index is 12.9. The highest BCUT2D eigenvalue weighted by atomic mass is 32.2. The van der Waals surface area contributed by atoms with Crippen LogP contribution in [0.5, 0.6) is 5.75 Å². The quantitative estimate of drug-likeness (QED) is 0.436. The number of nitrogens with one attached hydrogen (secondary N) is 1. The number of hydrogen-bond acceptors (Lipinski definition) is 6. The summed E-state index contributed by atoms with van der Waals surface area (Å²) in [6, 6.07) is 17.0. The molecular formula is C20H17N3O6S. The number of nitrogens with two attached hydrogens (primary N) is 1. The minimum Gasteiger partial charge on any atom is -0.482 e. The Morgan fingerprint density at radius 3 is 2.23 bits per heavy atom. The lowest BCUT2D eigenvalue weighted by Gasteiger charge is -2.10. The Hall–Kier alpha value is -3.92. The highest BCUT2D eigenvalue weighted by Crippen LogP contribution is 2.33. The lowest BCUT2D eigenvalue weighted by atomic mass is 10.2. The summed E-state index contributed by atoms with van der Waals surface area (Å²) < 4.78 is 31.4. The normalized spacial score (nSPS) is 10.9. The fourth-order valence-corrected chi connectivity index (χ4v) is 3.94. The molecule has 0 aliphatic rings. The van der Waals surface area contributed by atoms with Crippen molar-refractivity contribution in [3.05, 3.63) is 88.5 Å². The van der Waals surface area contributed by atoms with Crippen LogP contribution in [0.1, 0.15) is 5.56 Å². The molecule has 3 rings (SSSR count). The number of anilines is 1. The molecule has 30 heavy (non-hydrogen) atoms. The average Bonchev–Trinajstić information content (AvgIpc) is 2.72. The molecule has 3 N–H and O–H groups in total. The predicted octanol–water partition coefficient (Wildman–Crippen LogP) is 3.50. The average molecular weight is 427 g/mol. The largest absolute Gasteiger partial charge is 0.482 e. The molecule has 0 bridgehead atoms. The Morgan fingerprint density at radius 1 is 1.00 bits per heavy atom. The van der Waals surface area contributed by atoms with Crippen LogP contribution in [0, 0.1) is 10.1 Å². The first-order valence-corrected chi connectivity index (χ1v) is 10.1.